The van der Waals surface area contributed by atoms with Crippen molar-refractivity contribution in [2.45, 2.75) is 84.0 Å². The Labute approximate surface area is 223 Å². The summed E-state index contributed by atoms with van der Waals surface area (Å²) in [7, 11) is 1.58. The number of hydrogen-bond donors (Lipinski definition) is 0. The first-order valence-electron chi connectivity index (χ1n) is 14.0. The van der Waals surface area contributed by atoms with Gasteiger partial charge in [0.15, 0.2) is 11.6 Å². The first-order chi connectivity index (χ1) is 18.1. The topological polar surface area (TPSA) is 43.4 Å². The number of ether oxygens (including phenoxy) is 1. The number of carbonyl (C=O) groups excluding carboxylic acids is 2. The van der Waals surface area contributed by atoms with Crippen molar-refractivity contribution in [2.75, 3.05) is 7.11 Å². The minimum Gasteiger partial charge on any atom is -0.497 e. The van der Waals surface area contributed by atoms with Crippen molar-refractivity contribution < 1.29 is 14.3 Å². The van der Waals surface area contributed by atoms with E-state index >= 15 is 0 Å². The fourth-order valence-electron chi connectivity index (χ4n) is 4.66. The van der Waals surface area contributed by atoms with E-state index in [1.165, 1.54) is 69.8 Å². The molecule has 0 aliphatic carbocycles. The van der Waals surface area contributed by atoms with Crippen molar-refractivity contribution in [3.8, 4) is 16.9 Å². The molecule has 0 amide bonds. The van der Waals surface area contributed by atoms with E-state index in [0.717, 1.165) is 17.5 Å². The van der Waals surface area contributed by atoms with E-state index in [1.54, 1.807) is 31.4 Å². The van der Waals surface area contributed by atoms with E-state index in [-0.39, 0.29) is 18.0 Å². The van der Waals surface area contributed by atoms with E-state index < -0.39 is 0 Å². The molecule has 0 aliphatic rings. The van der Waals surface area contributed by atoms with E-state index in [2.05, 4.69) is 31.2 Å². The summed E-state index contributed by atoms with van der Waals surface area (Å²) in [6.07, 6.45) is 14.6. The first kappa shape index (κ1) is 28.4. The van der Waals surface area contributed by atoms with Crippen LogP contribution >= 0.6 is 0 Å². The molecule has 0 atom stereocenters. The summed E-state index contributed by atoms with van der Waals surface area (Å²) in [5.74, 6) is 0.333. The summed E-state index contributed by atoms with van der Waals surface area (Å²) < 4.78 is 5.12. The number of unbranched alkanes of at least 4 members (excludes halogenated alkanes) is 9. The molecule has 3 aromatic carbocycles. The maximum absolute atomic E-state index is 12.6. The van der Waals surface area contributed by atoms with Crippen LogP contribution in [0.5, 0.6) is 5.75 Å². The number of rotatable bonds is 17. The summed E-state index contributed by atoms with van der Waals surface area (Å²) >= 11 is 0. The monoisotopic (exact) mass is 498 g/mol. The highest BCUT2D eigenvalue weighted by Gasteiger charge is 2.14. The largest absolute Gasteiger partial charge is 0.497 e. The van der Waals surface area contributed by atoms with Gasteiger partial charge in [-0.3, -0.25) is 9.59 Å². The zero-order valence-corrected chi connectivity index (χ0v) is 22.6. The summed E-state index contributed by atoms with van der Waals surface area (Å²) in [4.78, 5) is 25.1. The summed E-state index contributed by atoms with van der Waals surface area (Å²) in [6, 6.07) is 23.2. The Balaban J connectivity index is 1.40. The van der Waals surface area contributed by atoms with Crippen LogP contribution in [0.2, 0.25) is 0 Å². The van der Waals surface area contributed by atoms with Gasteiger partial charge in [0.05, 0.1) is 13.5 Å². The molecule has 0 saturated carbocycles. The van der Waals surface area contributed by atoms with Crippen molar-refractivity contribution in [2.24, 2.45) is 0 Å². The summed E-state index contributed by atoms with van der Waals surface area (Å²) in [5, 5.41) is 0. The van der Waals surface area contributed by atoms with Gasteiger partial charge in [-0.05, 0) is 53.8 Å². The van der Waals surface area contributed by atoms with Gasteiger partial charge in [-0.25, -0.2) is 0 Å². The average molecular weight is 499 g/mol. The second-order valence-electron chi connectivity index (χ2n) is 9.96. The molecular weight excluding hydrogens is 456 g/mol. The van der Waals surface area contributed by atoms with Gasteiger partial charge in [0.1, 0.15) is 5.75 Å². The number of benzene rings is 3. The Morgan fingerprint density at radius 3 is 1.49 bits per heavy atom. The van der Waals surface area contributed by atoms with Crippen LogP contribution in [0.3, 0.4) is 0 Å². The molecule has 0 spiro atoms. The maximum atomic E-state index is 12.6. The molecule has 3 nitrogen and oxygen atoms in total. The zero-order valence-electron chi connectivity index (χ0n) is 22.6. The number of methoxy groups -OCH3 is 1. The number of aryl methyl sites for hydroxylation is 1. The molecule has 0 fully saturated rings. The van der Waals surface area contributed by atoms with Crippen LogP contribution in [0, 0.1) is 0 Å². The van der Waals surface area contributed by atoms with Crippen LogP contribution in [-0.4, -0.2) is 18.7 Å². The van der Waals surface area contributed by atoms with Crippen molar-refractivity contribution >= 4 is 11.6 Å². The molecule has 0 unspecified atom stereocenters. The van der Waals surface area contributed by atoms with Crippen LogP contribution in [0.15, 0.2) is 72.8 Å². The van der Waals surface area contributed by atoms with E-state index in [9.17, 15) is 9.59 Å². The van der Waals surface area contributed by atoms with Crippen LogP contribution < -0.4 is 4.74 Å². The third-order valence-electron chi connectivity index (χ3n) is 7.05. The van der Waals surface area contributed by atoms with Crippen LogP contribution in [0.1, 0.15) is 104 Å². The predicted octanol–water partition coefficient (Wildman–Crippen LogP) is 9.28. The van der Waals surface area contributed by atoms with E-state index in [1.807, 2.05) is 24.3 Å². The first-order valence-corrected chi connectivity index (χ1v) is 14.0. The minimum atomic E-state index is -0.185. The quantitative estimate of drug-likeness (QED) is 0.106. The number of Topliss-reactive ketones (excluding diaryl/α,β-unsaturated/α-hetero) is 2. The second-order valence-corrected chi connectivity index (χ2v) is 9.96. The lowest BCUT2D eigenvalue weighted by Gasteiger charge is -2.07. The Hall–Kier alpha value is -3.20. The predicted molar refractivity (Wildman–Crippen MR) is 154 cm³/mol. The van der Waals surface area contributed by atoms with Crippen molar-refractivity contribution in [1.82, 2.24) is 0 Å². The minimum absolute atomic E-state index is 0.140. The van der Waals surface area contributed by atoms with Crippen molar-refractivity contribution in [1.29, 1.82) is 0 Å². The third-order valence-corrected chi connectivity index (χ3v) is 7.05. The Bertz CT molecular complexity index is 1080. The lowest BCUT2D eigenvalue weighted by Crippen LogP contribution is -2.08. The average Bonchev–Trinajstić information content (AvgIpc) is 2.94. The van der Waals surface area contributed by atoms with Gasteiger partial charge < -0.3 is 4.74 Å². The van der Waals surface area contributed by atoms with Gasteiger partial charge >= 0.3 is 0 Å². The Kier molecular flexibility index (Phi) is 12.1. The molecular formula is C34H42O3. The van der Waals surface area contributed by atoms with Crippen molar-refractivity contribution in [3.63, 3.8) is 0 Å². The van der Waals surface area contributed by atoms with Crippen molar-refractivity contribution in [3.05, 3.63) is 89.5 Å². The number of carbonyl (C=O) groups is 2. The van der Waals surface area contributed by atoms with Gasteiger partial charge in [0.2, 0.25) is 0 Å². The molecule has 0 bridgehead atoms. The van der Waals surface area contributed by atoms with E-state index in [4.69, 9.17) is 4.74 Å². The molecule has 0 N–H and O–H groups in total. The highest BCUT2D eigenvalue weighted by Crippen LogP contribution is 2.22. The lowest BCUT2D eigenvalue weighted by atomic mass is 9.97. The summed E-state index contributed by atoms with van der Waals surface area (Å²) in [5.41, 5.74) is 4.67. The molecule has 196 valence electrons. The Morgan fingerprint density at radius 2 is 1.00 bits per heavy atom. The zero-order chi connectivity index (χ0) is 26.3. The van der Waals surface area contributed by atoms with Crippen LogP contribution in [0.25, 0.3) is 11.1 Å². The molecule has 37 heavy (non-hydrogen) atoms. The van der Waals surface area contributed by atoms with Crippen LogP contribution in [-0.2, 0) is 6.42 Å². The molecule has 0 radical (unpaired) electrons. The highest BCUT2D eigenvalue weighted by molar-refractivity contribution is 6.13. The fourth-order valence-corrected chi connectivity index (χ4v) is 4.66. The second kappa shape index (κ2) is 15.8. The third kappa shape index (κ3) is 9.64. The number of hydrogen-bond acceptors (Lipinski definition) is 3. The molecule has 3 rings (SSSR count). The number of ketones is 2. The lowest BCUT2D eigenvalue weighted by molar-refractivity contribution is 0.0894. The standard InChI is InChI=1S/C34H42O3/c1-3-4-5-6-7-8-9-10-11-12-13-27-14-16-28(17-15-27)29-18-20-30(21-19-29)33(35)26-34(36)31-22-24-32(37-2)25-23-31/h14-25H,3-13,26H2,1-2H3. The Morgan fingerprint density at radius 1 is 0.568 bits per heavy atom. The maximum Gasteiger partial charge on any atom is 0.170 e. The highest BCUT2D eigenvalue weighted by atomic mass is 16.5. The molecule has 3 heteroatoms. The summed E-state index contributed by atoms with van der Waals surface area (Å²) in [6.45, 7) is 2.27. The molecule has 0 saturated heterocycles. The van der Waals surface area contributed by atoms with Gasteiger partial charge in [0, 0.05) is 11.1 Å². The van der Waals surface area contributed by atoms with Crippen LogP contribution in [0.4, 0.5) is 0 Å². The molecule has 0 heterocycles. The smallest absolute Gasteiger partial charge is 0.170 e. The normalized spacial score (nSPS) is 10.9. The SMILES string of the molecule is CCCCCCCCCCCCc1ccc(-c2ccc(C(=O)CC(=O)c3ccc(OC)cc3)cc2)cc1. The molecule has 3 aromatic rings. The molecule has 0 aliphatic heterocycles. The van der Waals surface area contributed by atoms with E-state index in [0.29, 0.717) is 16.9 Å². The van der Waals surface area contributed by atoms with Gasteiger partial charge in [-0.1, -0.05) is 113 Å². The fraction of sp³-hybridized carbons (Fsp3) is 0.412. The molecule has 0 aromatic heterocycles. The van der Waals surface area contributed by atoms with Gasteiger partial charge in [-0.15, -0.1) is 0 Å². The van der Waals surface area contributed by atoms with Gasteiger partial charge in [-0.2, -0.15) is 0 Å². The van der Waals surface area contributed by atoms with Gasteiger partial charge in [0.25, 0.3) is 0 Å².